The van der Waals surface area contributed by atoms with E-state index in [1.807, 2.05) is 0 Å². The molecule has 1 aromatic rings. The minimum Gasteiger partial charge on any atom is -0.310 e. The minimum absolute atomic E-state index is 0.218. The van der Waals surface area contributed by atoms with E-state index in [2.05, 4.69) is 37.4 Å². The lowest BCUT2D eigenvalue weighted by Gasteiger charge is -2.30. The van der Waals surface area contributed by atoms with E-state index in [1.54, 1.807) is 0 Å². The maximum atomic E-state index is 12.6. The zero-order chi connectivity index (χ0) is 14.8. The van der Waals surface area contributed by atoms with Gasteiger partial charge in [-0.2, -0.15) is 13.2 Å². The number of hydrogen-bond donors (Lipinski definition) is 1. The normalized spacial score (nSPS) is 23.9. The van der Waals surface area contributed by atoms with Crippen molar-refractivity contribution in [1.29, 1.82) is 0 Å². The molecule has 1 nitrogen and oxygen atoms in total. The van der Waals surface area contributed by atoms with E-state index in [9.17, 15) is 13.2 Å². The molecule has 1 N–H and O–H groups in total. The van der Waals surface area contributed by atoms with Gasteiger partial charge in [0.2, 0.25) is 0 Å². The van der Waals surface area contributed by atoms with E-state index < -0.39 is 12.1 Å². The number of aryl methyl sites for hydroxylation is 2. The van der Waals surface area contributed by atoms with Crippen LogP contribution >= 0.6 is 0 Å². The maximum Gasteiger partial charge on any atom is 0.391 e. The SMILES string of the molecule is Cc1ccc(CNC2CCC(C(F)(F)F)CC2)cc1C. The number of rotatable bonds is 3. The molecule has 0 unspecified atom stereocenters. The lowest BCUT2D eigenvalue weighted by Crippen LogP contribution is -2.36. The quantitative estimate of drug-likeness (QED) is 0.861. The highest BCUT2D eigenvalue weighted by molar-refractivity contribution is 5.29. The van der Waals surface area contributed by atoms with Crippen LogP contribution in [-0.2, 0) is 6.54 Å². The van der Waals surface area contributed by atoms with Crippen LogP contribution < -0.4 is 5.32 Å². The molecule has 2 rings (SSSR count). The Labute approximate surface area is 118 Å². The molecule has 1 fully saturated rings. The van der Waals surface area contributed by atoms with Crippen LogP contribution in [0.25, 0.3) is 0 Å². The summed E-state index contributed by atoms with van der Waals surface area (Å²) in [7, 11) is 0. The summed E-state index contributed by atoms with van der Waals surface area (Å²) in [5.74, 6) is -1.10. The molecule has 0 heterocycles. The summed E-state index contributed by atoms with van der Waals surface area (Å²) >= 11 is 0. The van der Waals surface area contributed by atoms with Crippen molar-refractivity contribution in [3.63, 3.8) is 0 Å². The molecule has 1 aliphatic carbocycles. The van der Waals surface area contributed by atoms with Gasteiger partial charge in [-0.25, -0.2) is 0 Å². The number of hydrogen-bond acceptors (Lipinski definition) is 1. The largest absolute Gasteiger partial charge is 0.391 e. The number of alkyl halides is 3. The summed E-state index contributed by atoms with van der Waals surface area (Å²) < 4.78 is 37.7. The summed E-state index contributed by atoms with van der Waals surface area (Å²) in [4.78, 5) is 0. The van der Waals surface area contributed by atoms with Crippen LogP contribution in [0.3, 0.4) is 0 Å². The highest BCUT2D eigenvalue weighted by Crippen LogP contribution is 2.37. The van der Waals surface area contributed by atoms with E-state index in [0.29, 0.717) is 12.8 Å². The van der Waals surface area contributed by atoms with Crippen molar-refractivity contribution in [2.45, 2.75) is 58.3 Å². The number of halogens is 3. The van der Waals surface area contributed by atoms with Gasteiger partial charge in [0.1, 0.15) is 0 Å². The van der Waals surface area contributed by atoms with Crippen molar-refractivity contribution >= 4 is 0 Å². The second-order valence-electron chi connectivity index (χ2n) is 5.89. The molecular weight excluding hydrogens is 263 g/mol. The fourth-order valence-electron chi connectivity index (χ4n) is 2.80. The van der Waals surface area contributed by atoms with Crippen molar-refractivity contribution in [1.82, 2.24) is 5.32 Å². The van der Waals surface area contributed by atoms with Gasteiger partial charge in [0.15, 0.2) is 0 Å². The Hall–Kier alpha value is -1.03. The molecule has 1 aliphatic rings. The summed E-state index contributed by atoms with van der Waals surface area (Å²) in [5, 5.41) is 3.39. The number of nitrogens with one attached hydrogen (secondary N) is 1. The summed E-state index contributed by atoms with van der Waals surface area (Å²) in [6.07, 6.45) is -2.26. The molecular formula is C16H22F3N. The van der Waals surface area contributed by atoms with Crippen LogP contribution in [0.15, 0.2) is 18.2 Å². The minimum atomic E-state index is -4.01. The second-order valence-corrected chi connectivity index (χ2v) is 5.89. The van der Waals surface area contributed by atoms with Gasteiger partial charge >= 0.3 is 6.18 Å². The third kappa shape index (κ3) is 3.98. The standard InChI is InChI=1S/C16H22F3N/c1-11-3-4-13(9-12(11)2)10-20-15-7-5-14(6-8-15)16(17,18)19/h3-4,9,14-15,20H,5-8,10H2,1-2H3. The molecule has 0 amide bonds. The highest BCUT2D eigenvalue weighted by atomic mass is 19.4. The van der Waals surface area contributed by atoms with Crippen LogP contribution in [0, 0.1) is 19.8 Å². The van der Waals surface area contributed by atoms with Crippen molar-refractivity contribution in [2.24, 2.45) is 5.92 Å². The van der Waals surface area contributed by atoms with E-state index in [1.165, 1.54) is 16.7 Å². The zero-order valence-corrected chi connectivity index (χ0v) is 12.1. The monoisotopic (exact) mass is 285 g/mol. The van der Waals surface area contributed by atoms with E-state index in [0.717, 1.165) is 6.54 Å². The van der Waals surface area contributed by atoms with Crippen LogP contribution in [0.1, 0.15) is 42.4 Å². The van der Waals surface area contributed by atoms with Crippen molar-refractivity contribution in [2.75, 3.05) is 0 Å². The lowest BCUT2D eigenvalue weighted by molar-refractivity contribution is -0.182. The van der Waals surface area contributed by atoms with Gasteiger partial charge in [-0.1, -0.05) is 18.2 Å². The molecule has 4 heteroatoms. The third-order valence-corrected chi connectivity index (χ3v) is 4.36. The molecule has 112 valence electrons. The van der Waals surface area contributed by atoms with Crippen LogP contribution in [0.2, 0.25) is 0 Å². The van der Waals surface area contributed by atoms with Gasteiger partial charge in [-0.15, -0.1) is 0 Å². The van der Waals surface area contributed by atoms with Gasteiger partial charge in [0.05, 0.1) is 5.92 Å². The molecule has 0 atom stereocenters. The van der Waals surface area contributed by atoms with Gasteiger partial charge in [-0.05, 0) is 56.2 Å². The predicted octanol–water partition coefficient (Wildman–Crippen LogP) is 4.51. The molecule has 20 heavy (non-hydrogen) atoms. The summed E-state index contributed by atoms with van der Waals surface area (Å²) in [6.45, 7) is 4.89. The Balaban J connectivity index is 1.80. The third-order valence-electron chi connectivity index (χ3n) is 4.36. The van der Waals surface area contributed by atoms with E-state index >= 15 is 0 Å². The second kappa shape index (κ2) is 6.17. The number of benzene rings is 1. The first-order valence-corrected chi connectivity index (χ1v) is 7.22. The fourth-order valence-corrected chi connectivity index (χ4v) is 2.80. The van der Waals surface area contributed by atoms with Crippen molar-refractivity contribution in [3.05, 3.63) is 34.9 Å². The molecule has 0 spiro atoms. The van der Waals surface area contributed by atoms with Gasteiger partial charge in [-0.3, -0.25) is 0 Å². The topological polar surface area (TPSA) is 12.0 Å². The first-order chi connectivity index (χ1) is 9.36. The van der Waals surface area contributed by atoms with Crippen LogP contribution in [0.4, 0.5) is 13.2 Å². The molecule has 0 radical (unpaired) electrons. The van der Waals surface area contributed by atoms with Crippen LogP contribution in [0.5, 0.6) is 0 Å². The Morgan fingerprint density at radius 3 is 2.25 bits per heavy atom. The zero-order valence-electron chi connectivity index (χ0n) is 12.1. The first kappa shape index (κ1) is 15.4. The molecule has 1 aromatic carbocycles. The van der Waals surface area contributed by atoms with E-state index in [4.69, 9.17) is 0 Å². The predicted molar refractivity (Wildman–Crippen MR) is 74.6 cm³/mol. The molecule has 1 saturated carbocycles. The van der Waals surface area contributed by atoms with Gasteiger partial charge in [0.25, 0.3) is 0 Å². The Kier molecular flexibility index (Phi) is 4.74. The first-order valence-electron chi connectivity index (χ1n) is 7.22. The maximum absolute atomic E-state index is 12.6. The summed E-state index contributed by atoms with van der Waals surface area (Å²) in [6, 6.07) is 6.53. The molecule has 0 saturated heterocycles. The van der Waals surface area contributed by atoms with Crippen molar-refractivity contribution in [3.8, 4) is 0 Å². The highest BCUT2D eigenvalue weighted by Gasteiger charge is 2.41. The summed E-state index contributed by atoms with van der Waals surface area (Å²) in [5.41, 5.74) is 3.72. The Bertz CT molecular complexity index is 446. The average molecular weight is 285 g/mol. The van der Waals surface area contributed by atoms with Crippen molar-refractivity contribution < 1.29 is 13.2 Å². The van der Waals surface area contributed by atoms with Gasteiger partial charge in [0, 0.05) is 12.6 Å². The molecule has 0 aromatic heterocycles. The van der Waals surface area contributed by atoms with Gasteiger partial charge < -0.3 is 5.32 Å². The average Bonchev–Trinajstić information content (AvgIpc) is 2.40. The Morgan fingerprint density at radius 1 is 1.05 bits per heavy atom. The van der Waals surface area contributed by atoms with E-state index in [-0.39, 0.29) is 18.9 Å². The molecule has 0 bridgehead atoms. The smallest absolute Gasteiger partial charge is 0.310 e. The molecule has 0 aliphatic heterocycles. The van der Waals surface area contributed by atoms with Crippen LogP contribution in [-0.4, -0.2) is 12.2 Å². The Morgan fingerprint density at radius 2 is 1.70 bits per heavy atom. The fraction of sp³-hybridized carbons (Fsp3) is 0.625. The lowest BCUT2D eigenvalue weighted by atomic mass is 9.85.